The average Bonchev–Trinajstić information content (AvgIpc) is 2.15. The zero-order valence-corrected chi connectivity index (χ0v) is 11.3. The Kier molecular flexibility index (Phi) is 8.07. The minimum Gasteiger partial charge on any atom is -0.317 e. The standard InChI is InChI=1S/C13H30N2/c1-6-12(14-5)9-7-8-10-15-11-13(2,3)4/h12,14-15H,6-11H2,1-5H3. The van der Waals surface area contributed by atoms with Crippen molar-refractivity contribution in [2.24, 2.45) is 5.41 Å². The summed E-state index contributed by atoms with van der Waals surface area (Å²) in [6, 6.07) is 0.715. The lowest BCUT2D eigenvalue weighted by Gasteiger charge is -2.19. The van der Waals surface area contributed by atoms with Gasteiger partial charge < -0.3 is 10.6 Å². The van der Waals surface area contributed by atoms with Crippen LogP contribution in [0.25, 0.3) is 0 Å². The van der Waals surface area contributed by atoms with Gasteiger partial charge in [0, 0.05) is 6.04 Å². The van der Waals surface area contributed by atoms with E-state index in [9.17, 15) is 0 Å². The molecular weight excluding hydrogens is 184 g/mol. The maximum Gasteiger partial charge on any atom is 0.00614 e. The van der Waals surface area contributed by atoms with Crippen LogP contribution < -0.4 is 10.6 Å². The Morgan fingerprint density at radius 1 is 1.13 bits per heavy atom. The summed E-state index contributed by atoms with van der Waals surface area (Å²) in [6.45, 7) is 11.4. The lowest BCUT2D eigenvalue weighted by Crippen LogP contribution is -2.28. The molecule has 0 aromatic rings. The quantitative estimate of drug-likeness (QED) is 0.607. The molecule has 0 bridgehead atoms. The Bertz CT molecular complexity index is 134. The molecule has 0 heterocycles. The first-order valence-corrected chi connectivity index (χ1v) is 6.37. The lowest BCUT2D eigenvalue weighted by molar-refractivity contribution is 0.375. The smallest absolute Gasteiger partial charge is 0.00614 e. The van der Waals surface area contributed by atoms with Crippen LogP contribution >= 0.6 is 0 Å². The van der Waals surface area contributed by atoms with E-state index >= 15 is 0 Å². The van der Waals surface area contributed by atoms with Crippen molar-refractivity contribution in [1.29, 1.82) is 0 Å². The highest BCUT2D eigenvalue weighted by Crippen LogP contribution is 2.10. The third kappa shape index (κ3) is 10.2. The minimum atomic E-state index is 0.414. The predicted molar refractivity (Wildman–Crippen MR) is 69.3 cm³/mol. The summed E-state index contributed by atoms with van der Waals surface area (Å²) in [5, 5.41) is 6.86. The van der Waals surface area contributed by atoms with Crippen molar-refractivity contribution >= 4 is 0 Å². The van der Waals surface area contributed by atoms with Crippen molar-refractivity contribution in [1.82, 2.24) is 10.6 Å². The van der Waals surface area contributed by atoms with Crippen molar-refractivity contribution in [3.05, 3.63) is 0 Å². The van der Waals surface area contributed by atoms with Crippen molar-refractivity contribution in [3.8, 4) is 0 Å². The lowest BCUT2D eigenvalue weighted by atomic mass is 9.97. The summed E-state index contributed by atoms with van der Waals surface area (Å²) in [4.78, 5) is 0. The van der Waals surface area contributed by atoms with Gasteiger partial charge >= 0.3 is 0 Å². The molecule has 0 aromatic heterocycles. The topological polar surface area (TPSA) is 24.1 Å². The van der Waals surface area contributed by atoms with E-state index in [0.29, 0.717) is 11.5 Å². The van der Waals surface area contributed by atoms with Gasteiger partial charge in [-0.2, -0.15) is 0 Å². The van der Waals surface area contributed by atoms with Crippen LogP contribution in [-0.4, -0.2) is 26.2 Å². The molecular formula is C13H30N2. The molecule has 0 saturated carbocycles. The monoisotopic (exact) mass is 214 g/mol. The third-order valence-corrected chi connectivity index (χ3v) is 2.71. The van der Waals surface area contributed by atoms with Gasteiger partial charge in [0.05, 0.1) is 0 Å². The molecule has 0 aliphatic heterocycles. The second-order valence-electron chi connectivity index (χ2n) is 5.63. The highest BCUT2D eigenvalue weighted by molar-refractivity contribution is 4.66. The van der Waals surface area contributed by atoms with Crippen molar-refractivity contribution in [2.75, 3.05) is 20.1 Å². The molecule has 0 saturated heterocycles. The normalized spacial score (nSPS) is 14.2. The molecule has 0 spiro atoms. The summed E-state index contributed by atoms with van der Waals surface area (Å²) < 4.78 is 0. The molecule has 0 aromatic carbocycles. The van der Waals surface area contributed by atoms with Crippen LogP contribution in [0.1, 0.15) is 53.4 Å². The molecule has 1 unspecified atom stereocenters. The van der Waals surface area contributed by atoms with Crippen molar-refractivity contribution < 1.29 is 0 Å². The molecule has 0 fully saturated rings. The van der Waals surface area contributed by atoms with Crippen LogP contribution in [-0.2, 0) is 0 Å². The van der Waals surface area contributed by atoms with Gasteiger partial charge in [-0.1, -0.05) is 34.1 Å². The first kappa shape index (κ1) is 14.9. The van der Waals surface area contributed by atoms with Gasteiger partial charge in [0.25, 0.3) is 0 Å². The van der Waals surface area contributed by atoms with Crippen LogP contribution in [0.15, 0.2) is 0 Å². The zero-order valence-electron chi connectivity index (χ0n) is 11.3. The Morgan fingerprint density at radius 3 is 2.27 bits per heavy atom. The van der Waals surface area contributed by atoms with Crippen molar-refractivity contribution in [3.63, 3.8) is 0 Å². The summed E-state index contributed by atoms with van der Waals surface area (Å²) in [7, 11) is 2.06. The second-order valence-corrected chi connectivity index (χ2v) is 5.63. The molecule has 92 valence electrons. The molecule has 0 rings (SSSR count). The summed E-state index contributed by atoms with van der Waals surface area (Å²) in [6.07, 6.45) is 5.18. The average molecular weight is 214 g/mol. The summed E-state index contributed by atoms with van der Waals surface area (Å²) in [5.74, 6) is 0. The molecule has 2 heteroatoms. The fraction of sp³-hybridized carbons (Fsp3) is 1.00. The van der Waals surface area contributed by atoms with Crippen LogP contribution in [0.4, 0.5) is 0 Å². The number of rotatable bonds is 8. The highest BCUT2D eigenvalue weighted by atomic mass is 14.9. The van der Waals surface area contributed by atoms with Gasteiger partial charge in [-0.25, -0.2) is 0 Å². The van der Waals surface area contributed by atoms with E-state index in [1.165, 1.54) is 25.7 Å². The molecule has 1 atom stereocenters. The van der Waals surface area contributed by atoms with Gasteiger partial charge in [-0.05, 0) is 44.8 Å². The molecule has 2 N–H and O–H groups in total. The highest BCUT2D eigenvalue weighted by Gasteiger charge is 2.08. The van der Waals surface area contributed by atoms with E-state index in [1.54, 1.807) is 0 Å². The molecule has 15 heavy (non-hydrogen) atoms. The van der Waals surface area contributed by atoms with E-state index in [-0.39, 0.29) is 0 Å². The third-order valence-electron chi connectivity index (χ3n) is 2.71. The molecule has 0 amide bonds. The second kappa shape index (κ2) is 8.12. The van der Waals surface area contributed by atoms with Gasteiger partial charge in [0.2, 0.25) is 0 Å². The Morgan fingerprint density at radius 2 is 1.80 bits per heavy atom. The van der Waals surface area contributed by atoms with E-state index < -0.39 is 0 Å². The van der Waals surface area contributed by atoms with Gasteiger partial charge in [-0.15, -0.1) is 0 Å². The number of hydrogen-bond donors (Lipinski definition) is 2. The summed E-state index contributed by atoms with van der Waals surface area (Å²) in [5.41, 5.74) is 0.414. The largest absolute Gasteiger partial charge is 0.317 e. The summed E-state index contributed by atoms with van der Waals surface area (Å²) >= 11 is 0. The fourth-order valence-electron chi connectivity index (χ4n) is 1.66. The maximum atomic E-state index is 3.51. The molecule has 0 radical (unpaired) electrons. The van der Waals surface area contributed by atoms with Crippen molar-refractivity contribution in [2.45, 2.75) is 59.4 Å². The van der Waals surface area contributed by atoms with Crippen LogP contribution in [0.3, 0.4) is 0 Å². The number of nitrogens with one attached hydrogen (secondary N) is 2. The molecule has 0 aliphatic carbocycles. The molecule has 2 nitrogen and oxygen atoms in total. The minimum absolute atomic E-state index is 0.414. The Hall–Kier alpha value is -0.0800. The van der Waals surface area contributed by atoms with Crippen LogP contribution in [0.2, 0.25) is 0 Å². The van der Waals surface area contributed by atoms with Crippen LogP contribution in [0, 0.1) is 5.41 Å². The molecule has 0 aliphatic rings. The van der Waals surface area contributed by atoms with Gasteiger partial charge in [-0.3, -0.25) is 0 Å². The number of unbranched alkanes of at least 4 members (excludes halogenated alkanes) is 1. The van der Waals surface area contributed by atoms with Gasteiger partial charge in [0.1, 0.15) is 0 Å². The first-order chi connectivity index (χ1) is 6.99. The fourth-order valence-corrected chi connectivity index (χ4v) is 1.66. The van der Waals surface area contributed by atoms with Crippen LogP contribution in [0.5, 0.6) is 0 Å². The van der Waals surface area contributed by atoms with E-state index in [2.05, 4.69) is 45.4 Å². The van der Waals surface area contributed by atoms with Gasteiger partial charge in [0.15, 0.2) is 0 Å². The van der Waals surface area contributed by atoms with E-state index in [4.69, 9.17) is 0 Å². The number of hydrogen-bond acceptors (Lipinski definition) is 2. The Balaban J connectivity index is 3.25. The predicted octanol–water partition coefficient (Wildman–Crippen LogP) is 2.79. The van der Waals surface area contributed by atoms with E-state index in [1.807, 2.05) is 0 Å². The SMILES string of the molecule is CCC(CCCCNCC(C)(C)C)NC. The van der Waals surface area contributed by atoms with E-state index in [0.717, 1.165) is 13.1 Å². The zero-order chi connectivity index (χ0) is 11.7. The Labute approximate surface area is 96.2 Å². The first-order valence-electron chi connectivity index (χ1n) is 6.37. The maximum absolute atomic E-state index is 3.51.